The van der Waals surface area contributed by atoms with Crippen molar-refractivity contribution in [2.45, 2.75) is 32.6 Å². The molecule has 11 heavy (non-hydrogen) atoms. The Morgan fingerprint density at radius 1 is 1.36 bits per heavy atom. The zero-order valence-electron chi connectivity index (χ0n) is 7.42. The van der Waals surface area contributed by atoms with Gasteiger partial charge in [-0.25, -0.2) is 0 Å². The SMILES string of the molecule is CCCCCCN.C[P+](=O)O. The molecule has 0 saturated carbocycles. The lowest BCUT2D eigenvalue weighted by Crippen LogP contribution is -1.97. The molecule has 3 N–H and O–H groups in total. The molecule has 0 amide bonds. The molecule has 0 radical (unpaired) electrons. The summed E-state index contributed by atoms with van der Waals surface area (Å²) in [5.74, 6) is 0. The molecule has 0 aromatic rings. The summed E-state index contributed by atoms with van der Waals surface area (Å²) in [7, 11) is -1.87. The first-order valence-corrected chi connectivity index (χ1v) is 5.60. The molecule has 0 bridgehead atoms. The quantitative estimate of drug-likeness (QED) is 0.512. The molecule has 1 atom stereocenters. The zero-order valence-corrected chi connectivity index (χ0v) is 8.31. The molecule has 0 heterocycles. The van der Waals surface area contributed by atoms with Gasteiger partial charge in [0.2, 0.25) is 0 Å². The van der Waals surface area contributed by atoms with Crippen molar-refractivity contribution in [1.82, 2.24) is 0 Å². The van der Waals surface area contributed by atoms with Crippen LogP contribution >= 0.6 is 8.03 Å². The zero-order chi connectivity index (χ0) is 9.11. The molecule has 3 nitrogen and oxygen atoms in total. The first-order chi connectivity index (χ1) is 5.15. The average Bonchev–Trinajstić information content (AvgIpc) is 1.88. The highest BCUT2D eigenvalue weighted by Gasteiger charge is 1.86. The highest BCUT2D eigenvalue weighted by Crippen LogP contribution is 1.99. The second kappa shape index (κ2) is 12.7. The minimum atomic E-state index is -1.87. The lowest BCUT2D eigenvalue weighted by Gasteiger charge is -1.90. The van der Waals surface area contributed by atoms with Crippen LogP contribution in [0.25, 0.3) is 0 Å². The molecule has 0 saturated heterocycles. The van der Waals surface area contributed by atoms with E-state index in [0.29, 0.717) is 0 Å². The molecule has 0 aromatic heterocycles. The van der Waals surface area contributed by atoms with Gasteiger partial charge in [0, 0.05) is 0 Å². The fourth-order valence-electron chi connectivity index (χ4n) is 0.571. The van der Waals surface area contributed by atoms with Gasteiger partial charge in [-0.05, 0) is 17.5 Å². The van der Waals surface area contributed by atoms with Crippen molar-refractivity contribution in [2.24, 2.45) is 5.73 Å². The fraction of sp³-hybridized carbons (Fsp3) is 1.00. The van der Waals surface area contributed by atoms with Crippen molar-refractivity contribution >= 4 is 8.03 Å². The number of unbranched alkanes of at least 4 members (excludes halogenated alkanes) is 3. The monoisotopic (exact) mass is 180 g/mol. The molecule has 1 unspecified atom stereocenters. The molecule has 0 fully saturated rings. The van der Waals surface area contributed by atoms with Crippen molar-refractivity contribution < 1.29 is 9.46 Å². The molecule has 0 rings (SSSR count). The Morgan fingerprint density at radius 2 is 1.82 bits per heavy atom. The van der Waals surface area contributed by atoms with Gasteiger partial charge in [0.1, 0.15) is 0 Å². The maximum atomic E-state index is 9.15. The minimum Gasteiger partial charge on any atom is -0.330 e. The van der Waals surface area contributed by atoms with Crippen LogP contribution in [0.5, 0.6) is 0 Å². The minimum absolute atomic E-state index is 0.861. The summed E-state index contributed by atoms with van der Waals surface area (Å²) in [6.45, 7) is 4.30. The summed E-state index contributed by atoms with van der Waals surface area (Å²) >= 11 is 0. The lowest BCUT2D eigenvalue weighted by atomic mass is 10.2. The average molecular weight is 180 g/mol. The summed E-state index contributed by atoms with van der Waals surface area (Å²) in [6, 6.07) is 0. The third-order valence-corrected chi connectivity index (χ3v) is 1.06. The predicted molar refractivity (Wildman–Crippen MR) is 48.9 cm³/mol. The number of hydrogen-bond acceptors (Lipinski definition) is 2. The van der Waals surface area contributed by atoms with E-state index in [1.807, 2.05) is 0 Å². The maximum Gasteiger partial charge on any atom is 0.502 e. The van der Waals surface area contributed by atoms with E-state index in [0.717, 1.165) is 6.54 Å². The van der Waals surface area contributed by atoms with E-state index in [9.17, 15) is 0 Å². The third kappa shape index (κ3) is 39.9. The second-order valence-electron chi connectivity index (χ2n) is 2.31. The third-order valence-electron chi connectivity index (χ3n) is 1.06. The molecular formula is C7H19NO2P+. The number of nitrogens with two attached hydrogens (primary N) is 1. The summed E-state index contributed by atoms with van der Waals surface area (Å²) in [5, 5.41) is 0. The van der Waals surface area contributed by atoms with Crippen LogP contribution in [0.2, 0.25) is 0 Å². The molecule has 0 spiro atoms. The Balaban J connectivity index is 0. The normalized spacial score (nSPS) is 10.0. The Labute approximate surface area is 69.9 Å². The van der Waals surface area contributed by atoms with Crippen LogP contribution in [0.15, 0.2) is 0 Å². The van der Waals surface area contributed by atoms with Gasteiger partial charge in [-0.15, -0.1) is 0 Å². The van der Waals surface area contributed by atoms with Gasteiger partial charge in [-0.3, -0.25) is 0 Å². The van der Waals surface area contributed by atoms with E-state index >= 15 is 0 Å². The van der Waals surface area contributed by atoms with E-state index in [2.05, 4.69) is 6.92 Å². The standard InChI is InChI=1S/C6H15N.CH3O2P/c1-2-3-4-5-6-7;1-4(2)3/h2-7H2,1H3;1H3/p+1. The van der Waals surface area contributed by atoms with Gasteiger partial charge in [0.25, 0.3) is 0 Å². The van der Waals surface area contributed by atoms with Gasteiger partial charge in [-0.2, -0.15) is 4.89 Å². The van der Waals surface area contributed by atoms with Crippen molar-refractivity contribution in [3.05, 3.63) is 0 Å². The van der Waals surface area contributed by atoms with E-state index in [4.69, 9.17) is 15.2 Å². The summed E-state index contributed by atoms with van der Waals surface area (Å²) in [5.41, 5.74) is 5.27. The van der Waals surface area contributed by atoms with Gasteiger partial charge >= 0.3 is 8.03 Å². The van der Waals surface area contributed by atoms with E-state index in [1.54, 1.807) is 0 Å². The first-order valence-electron chi connectivity index (χ1n) is 3.95. The van der Waals surface area contributed by atoms with Crippen LogP contribution in [-0.4, -0.2) is 18.1 Å². The van der Waals surface area contributed by atoms with E-state index in [1.165, 1.54) is 32.3 Å². The van der Waals surface area contributed by atoms with Crippen LogP contribution in [0.1, 0.15) is 32.6 Å². The molecule has 4 heteroatoms. The fourth-order valence-corrected chi connectivity index (χ4v) is 0.571. The lowest BCUT2D eigenvalue weighted by molar-refractivity contribution is 0.509. The first kappa shape index (κ1) is 13.6. The van der Waals surface area contributed by atoms with Crippen LogP contribution < -0.4 is 5.73 Å². The number of hydrogen-bond donors (Lipinski definition) is 2. The Kier molecular flexibility index (Phi) is 15.7. The van der Waals surface area contributed by atoms with Crippen molar-refractivity contribution in [2.75, 3.05) is 13.2 Å². The van der Waals surface area contributed by atoms with Crippen molar-refractivity contribution in [3.63, 3.8) is 0 Å². The Morgan fingerprint density at radius 3 is 2.09 bits per heavy atom. The van der Waals surface area contributed by atoms with E-state index < -0.39 is 8.03 Å². The molecule has 0 aromatic carbocycles. The number of rotatable bonds is 4. The molecule has 0 aliphatic carbocycles. The molecule has 0 aliphatic rings. The van der Waals surface area contributed by atoms with Crippen molar-refractivity contribution in [1.29, 1.82) is 0 Å². The summed E-state index contributed by atoms with van der Waals surface area (Å²) < 4.78 is 9.15. The highest BCUT2D eigenvalue weighted by atomic mass is 31.1. The highest BCUT2D eigenvalue weighted by molar-refractivity contribution is 7.36. The van der Waals surface area contributed by atoms with Gasteiger partial charge in [0.05, 0.1) is 0 Å². The van der Waals surface area contributed by atoms with Crippen LogP contribution in [-0.2, 0) is 4.57 Å². The maximum absolute atomic E-state index is 9.15. The summed E-state index contributed by atoms with van der Waals surface area (Å²) in [4.78, 5) is 7.56. The topological polar surface area (TPSA) is 63.3 Å². The van der Waals surface area contributed by atoms with Crippen LogP contribution in [0.3, 0.4) is 0 Å². The predicted octanol–water partition coefficient (Wildman–Crippen LogP) is 1.88. The largest absolute Gasteiger partial charge is 0.502 e. The molecular weight excluding hydrogens is 161 g/mol. The summed E-state index contributed by atoms with van der Waals surface area (Å²) in [6.07, 6.45) is 5.16. The van der Waals surface area contributed by atoms with Gasteiger partial charge < -0.3 is 5.73 Å². The van der Waals surface area contributed by atoms with E-state index in [-0.39, 0.29) is 0 Å². The second-order valence-corrected chi connectivity index (χ2v) is 3.24. The van der Waals surface area contributed by atoms with Crippen LogP contribution in [0.4, 0.5) is 0 Å². The molecule has 68 valence electrons. The van der Waals surface area contributed by atoms with Crippen molar-refractivity contribution in [3.8, 4) is 0 Å². The van der Waals surface area contributed by atoms with Gasteiger partial charge in [-0.1, -0.05) is 26.2 Å². The Bertz CT molecular complexity index is 80.5. The van der Waals surface area contributed by atoms with Gasteiger partial charge in [0.15, 0.2) is 6.66 Å². The molecule has 0 aliphatic heterocycles. The smallest absolute Gasteiger partial charge is 0.330 e. The Hall–Kier alpha value is 0.0200. The van der Waals surface area contributed by atoms with Crippen LogP contribution in [0, 0.1) is 0 Å².